The van der Waals surface area contributed by atoms with Gasteiger partial charge >= 0.3 is 0 Å². The Hall–Kier alpha value is -1.84. The molecule has 3 rings (SSSR count). The van der Waals surface area contributed by atoms with Crippen molar-refractivity contribution >= 4 is 5.82 Å². The minimum absolute atomic E-state index is 0.577. The van der Waals surface area contributed by atoms with Crippen molar-refractivity contribution in [1.29, 1.82) is 0 Å². The van der Waals surface area contributed by atoms with Crippen molar-refractivity contribution in [2.45, 2.75) is 26.3 Å². The first-order chi connectivity index (χ1) is 7.74. The number of nitrogen functional groups attached to an aromatic ring is 1. The van der Waals surface area contributed by atoms with E-state index in [-0.39, 0.29) is 0 Å². The third-order valence-corrected chi connectivity index (χ3v) is 3.00. The zero-order valence-corrected chi connectivity index (χ0v) is 9.27. The molecule has 0 radical (unpaired) electrons. The van der Waals surface area contributed by atoms with Gasteiger partial charge in [-0.1, -0.05) is 0 Å². The molecule has 4 nitrogen and oxygen atoms in total. The minimum atomic E-state index is 0.577. The lowest BCUT2D eigenvalue weighted by Gasteiger charge is -2.03. The van der Waals surface area contributed by atoms with E-state index in [4.69, 9.17) is 5.73 Å². The zero-order chi connectivity index (χ0) is 11.1. The Bertz CT molecular complexity index is 522. The van der Waals surface area contributed by atoms with Crippen LogP contribution < -0.4 is 5.73 Å². The lowest BCUT2D eigenvalue weighted by Crippen LogP contribution is -1.96. The van der Waals surface area contributed by atoms with Crippen LogP contribution in [0.15, 0.2) is 18.3 Å². The monoisotopic (exact) mass is 214 g/mol. The topological polar surface area (TPSA) is 56.7 Å². The SMILES string of the molecule is Cc1cc(N)nc(-c2cnn3c2CCC3)c1. The van der Waals surface area contributed by atoms with E-state index in [0.717, 1.165) is 29.8 Å². The number of rotatable bonds is 1. The molecule has 0 aliphatic carbocycles. The fraction of sp³-hybridized carbons (Fsp3) is 0.333. The molecule has 2 aromatic rings. The first-order valence-corrected chi connectivity index (χ1v) is 5.53. The Kier molecular flexibility index (Phi) is 1.96. The predicted molar refractivity (Wildman–Crippen MR) is 62.9 cm³/mol. The Morgan fingerprint density at radius 3 is 3.06 bits per heavy atom. The van der Waals surface area contributed by atoms with Crippen LogP contribution in [-0.4, -0.2) is 14.8 Å². The van der Waals surface area contributed by atoms with E-state index in [9.17, 15) is 0 Å². The molecule has 0 saturated carbocycles. The smallest absolute Gasteiger partial charge is 0.124 e. The van der Waals surface area contributed by atoms with Crippen LogP contribution in [0.3, 0.4) is 0 Å². The number of hydrogen-bond donors (Lipinski definition) is 1. The Morgan fingerprint density at radius 2 is 2.25 bits per heavy atom. The van der Waals surface area contributed by atoms with Gasteiger partial charge in [-0.15, -0.1) is 0 Å². The highest BCUT2D eigenvalue weighted by molar-refractivity contribution is 5.64. The predicted octanol–water partition coefficient (Wildman–Crippen LogP) is 1.78. The maximum absolute atomic E-state index is 5.77. The number of fused-ring (bicyclic) bond motifs is 1. The summed E-state index contributed by atoms with van der Waals surface area (Å²) in [4.78, 5) is 4.38. The van der Waals surface area contributed by atoms with E-state index in [1.165, 1.54) is 12.1 Å². The van der Waals surface area contributed by atoms with Gasteiger partial charge in [0.25, 0.3) is 0 Å². The summed E-state index contributed by atoms with van der Waals surface area (Å²) in [5.41, 5.74) is 10.3. The molecule has 0 fully saturated rings. The molecule has 0 unspecified atom stereocenters. The van der Waals surface area contributed by atoms with Gasteiger partial charge in [0.05, 0.1) is 11.9 Å². The molecule has 2 aromatic heterocycles. The van der Waals surface area contributed by atoms with E-state index in [0.29, 0.717) is 5.82 Å². The van der Waals surface area contributed by atoms with Crippen LogP contribution in [0.5, 0.6) is 0 Å². The van der Waals surface area contributed by atoms with Crippen LogP contribution in [0.25, 0.3) is 11.3 Å². The van der Waals surface area contributed by atoms with Crippen molar-refractivity contribution in [1.82, 2.24) is 14.8 Å². The lowest BCUT2D eigenvalue weighted by atomic mass is 10.1. The van der Waals surface area contributed by atoms with Crippen LogP contribution in [-0.2, 0) is 13.0 Å². The summed E-state index contributed by atoms with van der Waals surface area (Å²) in [5.74, 6) is 0.577. The summed E-state index contributed by atoms with van der Waals surface area (Å²) in [6.07, 6.45) is 4.16. The van der Waals surface area contributed by atoms with Gasteiger partial charge in [0.15, 0.2) is 0 Å². The van der Waals surface area contributed by atoms with Crippen LogP contribution in [0, 0.1) is 6.92 Å². The van der Waals surface area contributed by atoms with Crippen molar-refractivity contribution in [3.8, 4) is 11.3 Å². The van der Waals surface area contributed by atoms with Gasteiger partial charge in [-0.3, -0.25) is 4.68 Å². The first-order valence-electron chi connectivity index (χ1n) is 5.53. The van der Waals surface area contributed by atoms with Crippen LogP contribution in [0.2, 0.25) is 0 Å². The highest BCUT2D eigenvalue weighted by Crippen LogP contribution is 2.27. The molecule has 1 aliphatic heterocycles. The summed E-state index contributed by atoms with van der Waals surface area (Å²) >= 11 is 0. The van der Waals surface area contributed by atoms with Gasteiger partial charge in [-0.05, 0) is 37.5 Å². The van der Waals surface area contributed by atoms with Gasteiger partial charge < -0.3 is 5.73 Å². The summed E-state index contributed by atoms with van der Waals surface area (Å²) in [6, 6.07) is 3.94. The first kappa shape index (κ1) is 9.39. The Morgan fingerprint density at radius 1 is 1.38 bits per heavy atom. The summed E-state index contributed by atoms with van der Waals surface area (Å²) in [5, 5.41) is 4.37. The Labute approximate surface area is 94.1 Å². The molecule has 0 atom stereocenters. The third-order valence-electron chi connectivity index (χ3n) is 3.00. The molecule has 82 valence electrons. The van der Waals surface area contributed by atoms with Crippen LogP contribution in [0.4, 0.5) is 5.82 Å². The molecule has 4 heteroatoms. The minimum Gasteiger partial charge on any atom is -0.384 e. The maximum atomic E-state index is 5.77. The molecular formula is C12H14N4. The second-order valence-electron chi connectivity index (χ2n) is 4.29. The number of nitrogens with zero attached hydrogens (tertiary/aromatic N) is 3. The van der Waals surface area contributed by atoms with Crippen molar-refractivity contribution in [3.05, 3.63) is 29.6 Å². The third kappa shape index (κ3) is 1.38. The molecule has 0 amide bonds. The van der Waals surface area contributed by atoms with E-state index in [1.807, 2.05) is 19.2 Å². The lowest BCUT2D eigenvalue weighted by molar-refractivity contribution is 0.656. The quantitative estimate of drug-likeness (QED) is 0.787. The average Bonchev–Trinajstić information content (AvgIpc) is 2.75. The molecular weight excluding hydrogens is 200 g/mol. The van der Waals surface area contributed by atoms with Crippen molar-refractivity contribution in [2.75, 3.05) is 5.73 Å². The number of hydrogen-bond acceptors (Lipinski definition) is 3. The van der Waals surface area contributed by atoms with E-state index in [1.54, 1.807) is 0 Å². The van der Waals surface area contributed by atoms with Gasteiger partial charge in [-0.2, -0.15) is 5.10 Å². The fourth-order valence-corrected chi connectivity index (χ4v) is 2.31. The van der Waals surface area contributed by atoms with E-state index >= 15 is 0 Å². The van der Waals surface area contributed by atoms with Crippen molar-refractivity contribution < 1.29 is 0 Å². The van der Waals surface area contributed by atoms with Crippen LogP contribution >= 0.6 is 0 Å². The fourth-order valence-electron chi connectivity index (χ4n) is 2.31. The molecule has 0 saturated heterocycles. The second kappa shape index (κ2) is 3.33. The van der Waals surface area contributed by atoms with E-state index < -0.39 is 0 Å². The van der Waals surface area contributed by atoms with Crippen molar-refractivity contribution in [2.24, 2.45) is 0 Å². The van der Waals surface area contributed by atoms with Crippen LogP contribution in [0.1, 0.15) is 17.7 Å². The maximum Gasteiger partial charge on any atom is 0.124 e. The molecule has 16 heavy (non-hydrogen) atoms. The number of aromatic nitrogens is 3. The van der Waals surface area contributed by atoms with Gasteiger partial charge in [-0.25, -0.2) is 4.98 Å². The van der Waals surface area contributed by atoms with E-state index in [2.05, 4.69) is 20.8 Å². The van der Waals surface area contributed by atoms with Gasteiger partial charge in [0.1, 0.15) is 5.82 Å². The second-order valence-corrected chi connectivity index (χ2v) is 4.29. The van der Waals surface area contributed by atoms with Gasteiger partial charge in [0, 0.05) is 17.8 Å². The summed E-state index contributed by atoms with van der Waals surface area (Å²) in [7, 11) is 0. The molecule has 0 bridgehead atoms. The highest BCUT2D eigenvalue weighted by atomic mass is 15.3. The number of nitrogens with two attached hydrogens (primary N) is 1. The number of pyridine rings is 1. The molecule has 1 aliphatic rings. The molecule has 0 aromatic carbocycles. The summed E-state index contributed by atoms with van der Waals surface area (Å²) in [6.45, 7) is 3.06. The Balaban J connectivity index is 2.15. The highest BCUT2D eigenvalue weighted by Gasteiger charge is 2.18. The largest absolute Gasteiger partial charge is 0.384 e. The van der Waals surface area contributed by atoms with Crippen molar-refractivity contribution in [3.63, 3.8) is 0 Å². The molecule has 3 heterocycles. The zero-order valence-electron chi connectivity index (χ0n) is 9.27. The number of anilines is 1. The summed E-state index contributed by atoms with van der Waals surface area (Å²) < 4.78 is 2.07. The number of aryl methyl sites for hydroxylation is 2. The molecule has 2 N–H and O–H groups in total. The molecule has 0 spiro atoms. The standard InChI is InChI=1S/C12H14N4/c1-8-5-10(15-12(13)6-8)9-7-14-16-4-2-3-11(9)16/h5-7H,2-4H2,1H3,(H2,13,15). The normalized spacial score (nSPS) is 14.1. The average molecular weight is 214 g/mol. The van der Waals surface area contributed by atoms with Gasteiger partial charge in [0.2, 0.25) is 0 Å².